The molecule has 1 aromatic rings. The minimum atomic E-state index is -1.24. The van der Waals surface area contributed by atoms with Gasteiger partial charge in [0.05, 0.1) is 6.61 Å². The maximum absolute atomic E-state index is 11.6. The lowest BCUT2D eigenvalue weighted by Gasteiger charge is -2.07. The highest BCUT2D eigenvalue weighted by Crippen LogP contribution is 2.12. The van der Waals surface area contributed by atoms with E-state index in [1.807, 2.05) is 0 Å². The van der Waals surface area contributed by atoms with Crippen molar-refractivity contribution in [3.63, 3.8) is 0 Å². The van der Waals surface area contributed by atoms with Crippen LogP contribution >= 0.6 is 23.2 Å². The van der Waals surface area contributed by atoms with Crippen LogP contribution < -0.4 is 0 Å². The first-order valence-corrected chi connectivity index (χ1v) is 5.94. The van der Waals surface area contributed by atoms with E-state index in [9.17, 15) is 9.59 Å². The van der Waals surface area contributed by atoms with E-state index in [-0.39, 0.29) is 18.8 Å². The number of rotatable bonds is 5. The predicted octanol–water partition coefficient (Wildman–Crippen LogP) is 2.62. The number of ketones is 1. The number of Topliss-reactive ketones (excluding diaryl/α,β-unsaturated/α-hetero) is 1. The fraction of sp³-hybridized carbons (Fsp3) is 0.333. The van der Waals surface area contributed by atoms with Crippen molar-refractivity contribution in [1.82, 2.24) is 0 Å². The molecule has 0 heterocycles. The van der Waals surface area contributed by atoms with Crippen LogP contribution in [0.5, 0.6) is 0 Å². The van der Waals surface area contributed by atoms with Crippen LogP contribution in [0.15, 0.2) is 24.3 Å². The lowest BCUT2D eigenvalue weighted by atomic mass is 10.1. The Balaban J connectivity index is 2.59. The Kier molecular flexibility index (Phi) is 5.45. The van der Waals surface area contributed by atoms with Crippen molar-refractivity contribution in [1.29, 1.82) is 0 Å². The van der Waals surface area contributed by atoms with Gasteiger partial charge in [-0.05, 0) is 24.6 Å². The molecule has 0 aliphatic carbocycles. The van der Waals surface area contributed by atoms with Crippen LogP contribution in [0, 0.1) is 0 Å². The molecule has 0 fully saturated rings. The number of ether oxygens (including phenoxy) is 1. The van der Waals surface area contributed by atoms with E-state index in [2.05, 4.69) is 4.74 Å². The molecular formula is C12H12Cl2O3. The maximum Gasteiger partial charge on any atom is 0.331 e. The SMILES string of the molecule is CCOC(=O)C(Cl)C(=O)Cc1ccc(Cl)cc1. The van der Waals surface area contributed by atoms with E-state index >= 15 is 0 Å². The third-order valence-electron chi connectivity index (χ3n) is 2.07. The quantitative estimate of drug-likeness (QED) is 0.471. The number of alkyl halides is 1. The van der Waals surface area contributed by atoms with Crippen molar-refractivity contribution in [3.8, 4) is 0 Å². The molecule has 5 heteroatoms. The van der Waals surface area contributed by atoms with Crippen LogP contribution in [0.1, 0.15) is 12.5 Å². The van der Waals surface area contributed by atoms with Gasteiger partial charge in [-0.1, -0.05) is 23.7 Å². The topological polar surface area (TPSA) is 43.4 Å². The number of esters is 1. The van der Waals surface area contributed by atoms with Gasteiger partial charge >= 0.3 is 5.97 Å². The van der Waals surface area contributed by atoms with Gasteiger partial charge in [-0.3, -0.25) is 4.79 Å². The Morgan fingerprint density at radius 2 is 1.88 bits per heavy atom. The monoisotopic (exact) mass is 274 g/mol. The highest BCUT2D eigenvalue weighted by molar-refractivity contribution is 6.41. The smallest absolute Gasteiger partial charge is 0.331 e. The summed E-state index contributed by atoms with van der Waals surface area (Å²) in [4.78, 5) is 22.9. The minimum absolute atomic E-state index is 0.0875. The molecule has 3 nitrogen and oxygen atoms in total. The lowest BCUT2D eigenvalue weighted by Crippen LogP contribution is -2.28. The molecule has 0 N–H and O–H groups in total. The zero-order chi connectivity index (χ0) is 12.8. The average molecular weight is 275 g/mol. The molecule has 0 saturated heterocycles. The lowest BCUT2D eigenvalue weighted by molar-refractivity contribution is -0.144. The zero-order valence-corrected chi connectivity index (χ0v) is 10.8. The van der Waals surface area contributed by atoms with Crippen LogP contribution in [0.2, 0.25) is 5.02 Å². The zero-order valence-electron chi connectivity index (χ0n) is 9.28. The molecule has 0 radical (unpaired) electrons. The third-order valence-corrected chi connectivity index (χ3v) is 2.74. The largest absolute Gasteiger partial charge is 0.465 e. The number of hydrogen-bond donors (Lipinski definition) is 0. The Morgan fingerprint density at radius 1 is 1.29 bits per heavy atom. The Hall–Kier alpha value is -1.06. The molecule has 0 spiro atoms. The van der Waals surface area contributed by atoms with E-state index in [0.717, 1.165) is 5.56 Å². The van der Waals surface area contributed by atoms with Gasteiger partial charge in [-0.2, -0.15) is 0 Å². The minimum Gasteiger partial charge on any atom is -0.465 e. The second-order valence-corrected chi connectivity index (χ2v) is 4.26. The average Bonchev–Trinajstić information content (AvgIpc) is 2.31. The van der Waals surface area contributed by atoms with E-state index in [1.165, 1.54) is 0 Å². The van der Waals surface area contributed by atoms with Crippen LogP contribution in [0.25, 0.3) is 0 Å². The molecule has 17 heavy (non-hydrogen) atoms. The molecule has 0 aliphatic heterocycles. The number of carbonyl (C=O) groups excluding carboxylic acids is 2. The Bertz CT molecular complexity index is 401. The van der Waals surface area contributed by atoms with Crippen LogP contribution in [0.3, 0.4) is 0 Å². The van der Waals surface area contributed by atoms with Crippen LogP contribution in [-0.4, -0.2) is 23.7 Å². The maximum atomic E-state index is 11.6. The summed E-state index contributed by atoms with van der Waals surface area (Å²) < 4.78 is 4.67. The molecule has 0 bridgehead atoms. The van der Waals surface area contributed by atoms with Crippen molar-refractivity contribution in [2.24, 2.45) is 0 Å². The molecule has 0 aliphatic rings. The molecule has 0 amide bonds. The van der Waals surface area contributed by atoms with Gasteiger partial charge in [-0.15, -0.1) is 11.6 Å². The third kappa shape index (κ3) is 4.36. The van der Waals surface area contributed by atoms with Gasteiger partial charge in [0.25, 0.3) is 0 Å². The van der Waals surface area contributed by atoms with Crippen molar-refractivity contribution in [3.05, 3.63) is 34.9 Å². The molecule has 1 aromatic carbocycles. The van der Waals surface area contributed by atoms with Gasteiger partial charge in [0.2, 0.25) is 0 Å². The molecule has 1 atom stereocenters. The normalized spacial score (nSPS) is 11.9. The highest BCUT2D eigenvalue weighted by atomic mass is 35.5. The standard InChI is InChI=1S/C12H12Cl2O3/c1-2-17-12(16)11(14)10(15)7-8-3-5-9(13)6-4-8/h3-6,11H,2,7H2,1H3. The van der Waals surface area contributed by atoms with Gasteiger partial charge in [0.15, 0.2) is 11.2 Å². The fourth-order valence-electron chi connectivity index (χ4n) is 1.24. The molecule has 1 rings (SSSR count). The second kappa shape index (κ2) is 6.62. The second-order valence-electron chi connectivity index (χ2n) is 3.38. The number of benzene rings is 1. The Labute approximate surface area is 110 Å². The van der Waals surface area contributed by atoms with Crippen molar-refractivity contribution >= 4 is 35.0 Å². The summed E-state index contributed by atoms with van der Waals surface area (Å²) in [6.45, 7) is 1.86. The highest BCUT2D eigenvalue weighted by Gasteiger charge is 2.24. The van der Waals surface area contributed by atoms with E-state index in [4.69, 9.17) is 23.2 Å². The number of halogens is 2. The first-order chi connectivity index (χ1) is 8.04. The summed E-state index contributed by atoms with van der Waals surface area (Å²) >= 11 is 11.4. The first kappa shape index (κ1) is 14.0. The summed E-state index contributed by atoms with van der Waals surface area (Å²) in [6.07, 6.45) is 0.0875. The van der Waals surface area contributed by atoms with Crippen LogP contribution in [0.4, 0.5) is 0 Å². The first-order valence-electron chi connectivity index (χ1n) is 5.12. The van der Waals surface area contributed by atoms with Crippen molar-refractivity contribution < 1.29 is 14.3 Å². The van der Waals surface area contributed by atoms with E-state index in [0.29, 0.717) is 5.02 Å². The molecule has 0 aromatic heterocycles. The van der Waals surface area contributed by atoms with E-state index in [1.54, 1.807) is 31.2 Å². The molecule has 92 valence electrons. The molecule has 0 saturated carbocycles. The van der Waals surface area contributed by atoms with Crippen molar-refractivity contribution in [2.45, 2.75) is 18.7 Å². The molecule has 1 unspecified atom stereocenters. The summed E-state index contributed by atoms with van der Waals surface area (Å²) in [7, 11) is 0. The van der Waals surface area contributed by atoms with Gasteiger partial charge in [0.1, 0.15) is 0 Å². The van der Waals surface area contributed by atoms with Gasteiger partial charge in [-0.25, -0.2) is 4.79 Å². The van der Waals surface area contributed by atoms with Gasteiger partial charge in [0, 0.05) is 11.4 Å². The van der Waals surface area contributed by atoms with Gasteiger partial charge < -0.3 is 4.74 Å². The van der Waals surface area contributed by atoms with E-state index < -0.39 is 11.3 Å². The van der Waals surface area contributed by atoms with Crippen molar-refractivity contribution in [2.75, 3.05) is 6.61 Å². The number of hydrogen-bond acceptors (Lipinski definition) is 3. The summed E-state index contributed by atoms with van der Waals surface area (Å²) in [5, 5.41) is -0.653. The predicted molar refractivity (Wildman–Crippen MR) is 66.4 cm³/mol. The van der Waals surface area contributed by atoms with Crippen LogP contribution in [-0.2, 0) is 20.7 Å². The summed E-state index contributed by atoms with van der Waals surface area (Å²) in [5.74, 6) is -1.08. The number of carbonyl (C=O) groups is 2. The Morgan fingerprint density at radius 3 is 2.41 bits per heavy atom. The molecular weight excluding hydrogens is 263 g/mol. The fourth-order valence-corrected chi connectivity index (χ4v) is 1.51. The summed E-state index contributed by atoms with van der Waals surface area (Å²) in [5.41, 5.74) is 0.759. The summed E-state index contributed by atoms with van der Waals surface area (Å²) in [6, 6.07) is 6.79.